The lowest BCUT2D eigenvalue weighted by atomic mass is 10.1. The summed E-state index contributed by atoms with van der Waals surface area (Å²) in [5.74, 6) is -2.60. The van der Waals surface area contributed by atoms with Gasteiger partial charge in [-0.2, -0.15) is 9.78 Å². The van der Waals surface area contributed by atoms with Crippen LogP contribution in [0.2, 0.25) is 0 Å². The molecule has 16 nitrogen and oxygen atoms in total. The first-order valence-corrected chi connectivity index (χ1v) is 19.8. The molecule has 2 heterocycles. The summed E-state index contributed by atoms with van der Waals surface area (Å²) in [6, 6.07) is 16.2. The van der Waals surface area contributed by atoms with E-state index in [1.54, 1.807) is 91.2 Å². The summed E-state index contributed by atoms with van der Waals surface area (Å²) in [5, 5.41) is 22.7. The molecule has 59 heavy (non-hydrogen) atoms. The highest BCUT2D eigenvalue weighted by molar-refractivity contribution is 7.99. The summed E-state index contributed by atoms with van der Waals surface area (Å²) in [6.07, 6.45) is 3.61. The number of amides is 4. The third kappa shape index (κ3) is 14.3. The molecule has 0 unspecified atom stereocenters. The quantitative estimate of drug-likeness (QED) is 0.0960. The molecule has 4 amide bonds. The van der Waals surface area contributed by atoms with E-state index in [1.807, 2.05) is 36.4 Å². The smallest absolute Gasteiger partial charge is 0.408 e. The highest BCUT2D eigenvalue weighted by Gasteiger charge is 2.29. The molecule has 0 bridgehead atoms. The minimum absolute atomic E-state index is 0.0657. The van der Waals surface area contributed by atoms with Gasteiger partial charge >= 0.3 is 24.1 Å². The predicted octanol–water partition coefficient (Wildman–Crippen LogP) is 5.99. The van der Waals surface area contributed by atoms with Gasteiger partial charge in [-0.1, -0.05) is 30.0 Å². The van der Waals surface area contributed by atoms with Crippen LogP contribution in [-0.4, -0.2) is 105 Å². The van der Waals surface area contributed by atoms with Crippen LogP contribution < -0.4 is 16.0 Å². The fraction of sp³-hybridized carbons (Fsp3) is 0.381. The monoisotopic (exact) mass is 829 g/mol. The van der Waals surface area contributed by atoms with Crippen molar-refractivity contribution in [2.75, 3.05) is 26.7 Å². The fourth-order valence-corrected chi connectivity index (χ4v) is 6.51. The molecule has 0 radical (unpaired) electrons. The summed E-state index contributed by atoms with van der Waals surface area (Å²) in [4.78, 5) is 84.1. The Kier molecular flexibility index (Phi) is 15.8. The molecule has 0 saturated carbocycles. The molecule has 2 aromatic heterocycles. The van der Waals surface area contributed by atoms with Crippen LogP contribution in [0.15, 0.2) is 76.7 Å². The van der Waals surface area contributed by atoms with Gasteiger partial charge in [-0.15, -0.1) is 0 Å². The lowest BCUT2D eigenvalue weighted by Crippen LogP contribution is -2.46. The van der Waals surface area contributed by atoms with Crippen molar-refractivity contribution in [2.45, 2.75) is 87.8 Å². The Bertz CT molecular complexity index is 2180. The van der Waals surface area contributed by atoms with Crippen LogP contribution >= 0.6 is 11.8 Å². The Morgan fingerprint density at radius 1 is 0.898 bits per heavy atom. The minimum Gasteiger partial charge on any atom is -0.481 e. The minimum atomic E-state index is -1.18. The molecular weight excluding hydrogens is 779 g/mol. The maximum atomic E-state index is 14.3. The number of aliphatic carboxylic acids is 1. The third-order valence-electron chi connectivity index (χ3n) is 8.16. The van der Waals surface area contributed by atoms with Gasteiger partial charge in [0.25, 0.3) is 5.91 Å². The van der Waals surface area contributed by atoms with Crippen LogP contribution in [0.5, 0.6) is 0 Å². The van der Waals surface area contributed by atoms with E-state index in [-0.39, 0.29) is 44.8 Å². The SMILES string of the molecule is CNC(=O)c1ccccc1Sc1ccc2c(/C=C/c3ccccn3)nn(C(=O)N(CCNC(=O)CC[C@H](NC(=O)OC(C)(C)C)C(=O)OC(C)(C)C)CCC(=O)O)c2c1. The van der Waals surface area contributed by atoms with Crippen molar-refractivity contribution in [1.29, 1.82) is 0 Å². The number of carboxylic acids is 1. The van der Waals surface area contributed by atoms with E-state index in [9.17, 15) is 33.9 Å². The van der Waals surface area contributed by atoms with E-state index < -0.39 is 47.2 Å². The van der Waals surface area contributed by atoms with Crippen molar-refractivity contribution in [1.82, 2.24) is 35.6 Å². The van der Waals surface area contributed by atoms with Crippen LogP contribution in [0.1, 0.15) is 82.6 Å². The number of fused-ring (bicyclic) bond motifs is 1. The molecule has 314 valence electrons. The van der Waals surface area contributed by atoms with Gasteiger partial charge in [-0.25, -0.2) is 14.4 Å². The fourth-order valence-electron chi connectivity index (χ4n) is 5.53. The Hall–Kier alpha value is -6.23. The summed E-state index contributed by atoms with van der Waals surface area (Å²) in [7, 11) is 1.55. The van der Waals surface area contributed by atoms with E-state index in [0.717, 1.165) is 0 Å². The topological polar surface area (TPSA) is 211 Å². The number of ether oxygens (including phenoxy) is 2. The lowest BCUT2D eigenvalue weighted by Gasteiger charge is -2.26. The van der Waals surface area contributed by atoms with Gasteiger partial charge in [-0.3, -0.25) is 19.4 Å². The zero-order valence-electron chi connectivity index (χ0n) is 34.2. The second-order valence-electron chi connectivity index (χ2n) is 15.3. The average molecular weight is 830 g/mol. The van der Waals surface area contributed by atoms with E-state index >= 15 is 0 Å². The Morgan fingerprint density at radius 3 is 2.27 bits per heavy atom. The van der Waals surface area contributed by atoms with Crippen LogP contribution in [0.25, 0.3) is 23.1 Å². The number of carbonyl (C=O) groups excluding carboxylic acids is 5. The van der Waals surface area contributed by atoms with Gasteiger partial charge < -0.3 is 35.4 Å². The number of nitrogens with zero attached hydrogens (tertiary/aromatic N) is 4. The number of alkyl carbamates (subject to hydrolysis) is 1. The molecular formula is C42H51N7O9S. The van der Waals surface area contributed by atoms with Crippen LogP contribution in [0, 0.1) is 0 Å². The number of carboxylic acid groups (broad SMARTS) is 1. The van der Waals surface area contributed by atoms with Gasteiger partial charge in [0, 0.05) is 54.5 Å². The average Bonchev–Trinajstić information content (AvgIpc) is 3.53. The molecule has 0 aliphatic carbocycles. The number of hydrogen-bond acceptors (Lipinski definition) is 11. The molecule has 4 rings (SSSR count). The maximum Gasteiger partial charge on any atom is 0.408 e. The van der Waals surface area contributed by atoms with E-state index in [4.69, 9.17) is 9.47 Å². The molecule has 4 aromatic rings. The van der Waals surface area contributed by atoms with Gasteiger partial charge in [-0.05, 0) is 103 Å². The van der Waals surface area contributed by atoms with Gasteiger partial charge in [0.15, 0.2) is 0 Å². The summed E-state index contributed by atoms with van der Waals surface area (Å²) in [5.41, 5.74) is 0.335. The second-order valence-corrected chi connectivity index (χ2v) is 16.4. The maximum absolute atomic E-state index is 14.3. The number of benzene rings is 2. The predicted molar refractivity (Wildman–Crippen MR) is 223 cm³/mol. The first-order chi connectivity index (χ1) is 27.8. The van der Waals surface area contributed by atoms with Crippen LogP contribution in [0.4, 0.5) is 9.59 Å². The molecule has 1 atom stereocenters. The standard InChI is InChI=1S/C42H51N7O9S/c1-41(2,3)57-38(54)32(46-39(55)58-42(4,5)6)19-20-35(50)45-23-25-48(24-21-36(51)52)40(56)49-33-26-28(59-34-14-9-8-13-30(34)37(53)43-7)16-17-29(33)31(47-49)18-15-27-12-10-11-22-44-27/h8-18,22,26,32H,19-21,23-25H2,1-7H3,(H,43,53)(H,45,50)(H,46,55)(H,51,52)/b18-15+/t32-/m0/s1. The molecule has 0 fully saturated rings. The van der Waals surface area contributed by atoms with Gasteiger partial charge in [0.2, 0.25) is 5.91 Å². The van der Waals surface area contributed by atoms with Crippen molar-refractivity contribution in [2.24, 2.45) is 0 Å². The van der Waals surface area contributed by atoms with Crippen LogP contribution in [0.3, 0.4) is 0 Å². The zero-order chi connectivity index (χ0) is 43.3. The highest BCUT2D eigenvalue weighted by Crippen LogP contribution is 2.34. The van der Waals surface area contributed by atoms with E-state index in [1.165, 1.54) is 21.3 Å². The number of esters is 1. The van der Waals surface area contributed by atoms with Crippen molar-refractivity contribution in [3.63, 3.8) is 0 Å². The second kappa shape index (κ2) is 20.5. The molecule has 2 aromatic carbocycles. The first-order valence-electron chi connectivity index (χ1n) is 18.9. The van der Waals surface area contributed by atoms with E-state index in [0.29, 0.717) is 37.6 Å². The van der Waals surface area contributed by atoms with E-state index in [2.05, 4.69) is 26.0 Å². The Labute approximate surface area is 347 Å². The highest BCUT2D eigenvalue weighted by atomic mass is 32.2. The number of rotatable bonds is 16. The number of carbonyl (C=O) groups is 6. The number of pyridine rings is 1. The summed E-state index contributed by atoms with van der Waals surface area (Å²) >= 11 is 1.33. The normalized spacial score (nSPS) is 12.1. The third-order valence-corrected chi connectivity index (χ3v) is 9.23. The van der Waals surface area contributed by atoms with Gasteiger partial charge in [0.1, 0.15) is 17.2 Å². The summed E-state index contributed by atoms with van der Waals surface area (Å²) < 4.78 is 11.9. The number of nitrogens with one attached hydrogen (secondary N) is 3. The van der Waals surface area contributed by atoms with Crippen molar-refractivity contribution < 1.29 is 43.3 Å². The van der Waals surface area contributed by atoms with Crippen molar-refractivity contribution in [3.8, 4) is 0 Å². The van der Waals surface area contributed by atoms with Crippen LogP contribution in [-0.2, 0) is 23.9 Å². The number of aromatic nitrogens is 3. The molecule has 0 aliphatic rings. The largest absolute Gasteiger partial charge is 0.481 e. The number of hydrogen-bond donors (Lipinski definition) is 4. The summed E-state index contributed by atoms with van der Waals surface area (Å²) in [6.45, 7) is 9.72. The first kappa shape index (κ1) is 45.5. The molecule has 17 heteroatoms. The lowest BCUT2D eigenvalue weighted by molar-refractivity contribution is -0.157. The Morgan fingerprint density at radius 2 is 1.61 bits per heavy atom. The van der Waals surface area contributed by atoms with Crippen molar-refractivity contribution in [3.05, 3.63) is 83.8 Å². The van der Waals surface area contributed by atoms with Crippen molar-refractivity contribution >= 4 is 70.7 Å². The molecule has 0 aliphatic heterocycles. The zero-order valence-corrected chi connectivity index (χ0v) is 35.1. The molecule has 0 saturated heterocycles. The Balaban J connectivity index is 1.57. The van der Waals surface area contributed by atoms with Gasteiger partial charge in [0.05, 0.1) is 28.9 Å². The molecule has 0 spiro atoms. The molecule has 4 N–H and O–H groups in total.